The van der Waals surface area contributed by atoms with E-state index in [1.165, 1.54) is 25.4 Å². The average molecular weight is 508 g/mol. The molecule has 2 atom stereocenters. The van der Waals surface area contributed by atoms with E-state index in [1.807, 2.05) is 0 Å². The van der Waals surface area contributed by atoms with Gasteiger partial charge in [-0.05, 0) is 43.8 Å². The third kappa shape index (κ3) is 5.28. The fourth-order valence-corrected chi connectivity index (χ4v) is 4.13. The Morgan fingerprint density at radius 3 is 2.64 bits per heavy atom. The molecule has 1 saturated carbocycles. The smallest absolute Gasteiger partial charge is 0.276 e. The number of hydrogen-bond donors (Lipinski definition) is 3. The van der Waals surface area contributed by atoms with Gasteiger partial charge >= 0.3 is 0 Å². The van der Waals surface area contributed by atoms with Crippen molar-refractivity contribution < 1.29 is 27.4 Å². The molecule has 3 heterocycles. The predicted octanol–water partition coefficient (Wildman–Crippen LogP) is 1.97. The lowest BCUT2D eigenvalue weighted by molar-refractivity contribution is -0.121. The molecule has 12 nitrogen and oxygen atoms in total. The summed E-state index contributed by atoms with van der Waals surface area (Å²) in [4.78, 5) is 37.9. The second kappa shape index (κ2) is 9.91. The fraction of sp³-hybridized carbons (Fsp3) is 0.476. The lowest BCUT2D eigenvalue weighted by Crippen LogP contribution is -2.50. The monoisotopic (exact) mass is 508 g/mol. The maximum Gasteiger partial charge on any atom is 0.276 e. The number of amides is 2. The van der Waals surface area contributed by atoms with E-state index in [-0.39, 0.29) is 35.5 Å². The first kappa shape index (κ1) is 25.1. The lowest BCUT2D eigenvalue weighted by atomic mass is 9.81. The molecular weight excluding hydrogens is 485 g/mol. The van der Waals surface area contributed by atoms with Crippen molar-refractivity contribution in [2.75, 3.05) is 5.32 Å². The topological polar surface area (TPSA) is 161 Å². The van der Waals surface area contributed by atoms with Crippen LogP contribution in [-0.2, 0) is 4.79 Å². The zero-order chi connectivity index (χ0) is 26.0. The van der Waals surface area contributed by atoms with Crippen molar-refractivity contribution in [1.29, 1.82) is 0 Å². The van der Waals surface area contributed by atoms with Crippen LogP contribution in [0.5, 0.6) is 0 Å². The van der Waals surface area contributed by atoms with Crippen LogP contribution in [0, 0.1) is 18.8 Å². The average Bonchev–Trinajstić information content (AvgIpc) is 3.43. The fourth-order valence-electron chi connectivity index (χ4n) is 4.13. The summed E-state index contributed by atoms with van der Waals surface area (Å²) in [6.07, 6.45) is 1.58. The van der Waals surface area contributed by atoms with E-state index in [0.717, 1.165) is 4.68 Å². The molecule has 1 aliphatic carbocycles. The first-order chi connectivity index (χ1) is 17.1. The van der Waals surface area contributed by atoms with Crippen molar-refractivity contribution in [2.24, 2.45) is 5.92 Å². The second-order valence-electron chi connectivity index (χ2n) is 8.66. The highest BCUT2D eigenvalue weighted by Gasteiger charge is 2.41. The number of hydrogen-bond acceptors (Lipinski definition) is 8. The summed E-state index contributed by atoms with van der Waals surface area (Å²) >= 11 is 0. The number of anilines is 1. The van der Waals surface area contributed by atoms with Crippen LogP contribution >= 0.6 is 0 Å². The molecule has 0 aromatic carbocycles. The van der Waals surface area contributed by atoms with Gasteiger partial charge in [-0.15, -0.1) is 5.10 Å². The van der Waals surface area contributed by atoms with E-state index in [9.17, 15) is 27.6 Å². The summed E-state index contributed by atoms with van der Waals surface area (Å²) in [5.74, 6) is -6.13. The maximum atomic E-state index is 14.6. The van der Waals surface area contributed by atoms with Gasteiger partial charge in [0.1, 0.15) is 17.4 Å². The number of nitrogens with zero attached hydrogens (tertiary/aromatic N) is 5. The van der Waals surface area contributed by atoms with E-state index in [4.69, 9.17) is 0 Å². The first-order valence-electron chi connectivity index (χ1n) is 11.1. The van der Waals surface area contributed by atoms with Crippen molar-refractivity contribution in [1.82, 2.24) is 35.6 Å². The highest BCUT2D eigenvalue weighted by atomic mass is 19.3. The Morgan fingerprint density at radius 2 is 2.00 bits per heavy atom. The third-order valence-electron chi connectivity index (χ3n) is 6.22. The van der Waals surface area contributed by atoms with Crippen LogP contribution in [0.1, 0.15) is 60.4 Å². The molecule has 3 N–H and O–H groups in total. The van der Waals surface area contributed by atoms with Crippen LogP contribution in [0.15, 0.2) is 27.9 Å². The minimum absolute atomic E-state index is 0.0367. The van der Waals surface area contributed by atoms with Crippen molar-refractivity contribution in [3.8, 4) is 0 Å². The molecule has 0 spiro atoms. The molecule has 36 heavy (non-hydrogen) atoms. The second-order valence-corrected chi connectivity index (χ2v) is 8.66. The van der Waals surface area contributed by atoms with E-state index in [2.05, 4.69) is 40.9 Å². The number of H-pyrrole nitrogens is 1. The van der Waals surface area contributed by atoms with Gasteiger partial charge < -0.3 is 10.6 Å². The van der Waals surface area contributed by atoms with Crippen molar-refractivity contribution in [3.05, 3.63) is 51.7 Å². The molecule has 1 unspecified atom stereocenters. The van der Waals surface area contributed by atoms with Gasteiger partial charge in [0.25, 0.3) is 17.4 Å². The lowest BCUT2D eigenvalue weighted by Gasteiger charge is -2.33. The number of aromatic amines is 1. The number of rotatable bonds is 7. The molecule has 2 amide bonds. The quantitative estimate of drug-likeness (QED) is 0.437. The van der Waals surface area contributed by atoms with Crippen LogP contribution in [0.2, 0.25) is 0 Å². The molecule has 15 heteroatoms. The Labute approximate surface area is 201 Å². The van der Waals surface area contributed by atoms with E-state index in [0.29, 0.717) is 0 Å². The van der Waals surface area contributed by atoms with Crippen LogP contribution in [0.4, 0.5) is 18.9 Å². The zero-order valence-corrected chi connectivity index (χ0v) is 19.3. The van der Waals surface area contributed by atoms with Crippen LogP contribution in [0.25, 0.3) is 0 Å². The van der Waals surface area contributed by atoms with Crippen LogP contribution in [0.3, 0.4) is 0 Å². The standard InChI is InChI=1S/C21H23F3N8O4/c1-10-15(31-36-30-10)19(34)27-16(12-3-6-21(23,24)7-4-12)20(35)26-14-9-32(29-17(14)22)11(2)13-5-8-25-28-18(13)33/h5,8-9,11-12,16H,3-4,6-7H2,1-2H3,(H,26,35)(H,27,34)(H,28,33)/t11?,16-/m0/s1. The van der Waals surface area contributed by atoms with Gasteiger partial charge in [-0.3, -0.25) is 19.1 Å². The molecule has 1 fully saturated rings. The molecule has 3 aromatic heterocycles. The molecule has 0 bridgehead atoms. The summed E-state index contributed by atoms with van der Waals surface area (Å²) in [7, 11) is 0. The van der Waals surface area contributed by atoms with Gasteiger partial charge in [-0.2, -0.15) is 9.49 Å². The molecule has 4 rings (SSSR count). The highest BCUT2D eigenvalue weighted by molar-refractivity contribution is 6.00. The molecule has 192 valence electrons. The Hall–Kier alpha value is -4.04. The van der Waals surface area contributed by atoms with Gasteiger partial charge in [0.2, 0.25) is 11.8 Å². The maximum absolute atomic E-state index is 14.6. The Morgan fingerprint density at radius 1 is 1.28 bits per heavy atom. The van der Waals surface area contributed by atoms with Gasteiger partial charge in [-0.1, -0.05) is 5.16 Å². The molecule has 3 aromatic rings. The van der Waals surface area contributed by atoms with Crippen molar-refractivity contribution in [3.63, 3.8) is 0 Å². The Balaban J connectivity index is 1.55. The van der Waals surface area contributed by atoms with Crippen LogP contribution < -0.4 is 16.2 Å². The summed E-state index contributed by atoms with van der Waals surface area (Å²) in [5.41, 5.74) is -0.521. The van der Waals surface area contributed by atoms with E-state index < -0.39 is 60.1 Å². The normalized spacial score (nSPS) is 17.4. The van der Waals surface area contributed by atoms with Gasteiger partial charge in [0.05, 0.1) is 12.2 Å². The van der Waals surface area contributed by atoms with Gasteiger partial charge in [-0.25, -0.2) is 18.5 Å². The number of aromatic nitrogens is 6. The molecular formula is C21H23F3N8O4. The number of nitrogens with one attached hydrogen (secondary N) is 3. The predicted molar refractivity (Wildman–Crippen MR) is 117 cm³/mol. The van der Waals surface area contributed by atoms with Crippen molar-refractivity contribution in [2.45, 2.75) is 57.5 Å². The zero-order valence-electron chi connectivity index (χ0n) is 19.3. The number of carbonyl (C=O) groups excluding carboxylic acids is 2. The number of carbonyl (C=O) groups is 2. The van der Waals surface area contributed by atoms with Gasteiger partial charge in [0, 0.05) is 24.6 Å². The van der Waals surface area contributed by atoms with Crippen molar-refractivity contribution >= 4 is 17.5 Å². The summed E-state index contributed by atoms with van der Waals surface area (Å²) < 4.78 is 47.7. The van der Waals surface area contributed by atoms with E-state index >= 15 is 0 Å². The largest absolute Gasteiger partial charge is 0.338 e. The molecule has 0 radical (unpaired) electrons. The minimum Gasteiger partial charge on any atom is -0.338 e. The number of aryl methyl sites for hydroxylation is 1. The Bertz CT molecular complexity index is 1310. The van der Waals surface area contributed by atoms with Crippen LogP contribution in [-0.4, -0.2) is 54.1 Å². The molecule has 1 aliphatic rings. The Kier molecular flexibility index (Phi) is 6.90. The van der Waals surface area contributed by atoms with Gasteiger partial charge in [0.15, 0.2) is 5.69 Å². The van der Waals surface area contributed by atoms with E-state index in [1.54, 1.807) is 6.92 Å². The summed E-state index contributed by atoms with van der Waals surface area (Å²) in [5, 5.41) is 21.5. The SMILES string of the molecule is Cc1nonc1C(=O)N[C@H](C(=O)Nc1cn(C(C)c2ccn[nH]c2=O)nc1F)C1CCC(F)(F)CC1. The number of halogens is 3. The summed E-state index contributed by atoms with van der Waals surface area (Å²) in [6, 6.07) is -0.518. The summed E-state index contributed by atoms with van der Waals surface area (Å²) in [6.45, 7) is 3.07. The number of alkyl halides is 2. The minimum atomic E-state index is -2.86. The molecule has 0 aliphatic heterocycles. The molecule has 0 saturated heterocycles. The third-order valence-corrected chi connectivity index (χ3v) is 6.22. The highest BCUT2D eigenvalue weighted by Crippen LogP contribution is 2.38. The first-order valence-corrected chi connectivity index (χ1v) is 11.1.